The number of piperidine rings is 1. The van der Waals surface area contributed by atoms with Crippen LogP contribution < -0.4 is 5.56 Å². The van der Waals surface area contributed by atoms with Crippen LogP contribution in [0.4, 0.5) is 0 Å². The van der Waals surface area contributed by atoms with E-state index in [-0.39, 0.29) is 17.4 Å². The fourth-order valence-corrected chi connectivity index (χ4v) is 4.33. The molecule has 0 unspecified atom stereocenters. The number of phenolic OH excluding ortho intramolecular Hbond substituents is 1. The van der Waals surface area contributed by atoms with Gasteiger partial charge in [0.25, 0.3) is 5.56 Å². The van der Waals surface area contributed by atoms with Gasteiger partial charge in [0.05, 0.1) is 34.4 Å². The van der Waals surface area contributed by atoms with Crippen molar-refractivity contribution >= 4 is 21.8 Å². The molecule has 154 valence electrons. The summed E-state index contributed by atoms with van der Waals surface area (Å²) in [5.74, 6) is 0.153. The van der Waals surface area contributed by atoms with Gasteiger partial charge in [0.15, 0.2) is 0 Å². The fraction of sp³-hybridized carbons (Fsp3) is 0.364. The molecule has 1 saturated heterocycles. The molecule has 4 heterocycles. The number of benzene rings is 1. The van der Waals surface area contributed by atoms with E-state index >= 15 is 0 Å². The lowest BCUT2D eigenvalue weighted by atomic mass is 10.0. The number of rotatable bonds is 2. The monoisotopic (exact) mass is 404 g/mol. The Morgan fingerprint density at radius 1 is 1.17 bits per heavy atom. The molecule has 5 rings (SSSR count). The van der Waals surface area contributed by atoms with Gasteiger partial charge in [-0.15, -0.1) is 0 Å². The van der Waals surface area contributed by atoms with Crippen molar-refractivity contribution in [1.29, 1.82) is 0 Å². The lowest BCUT2D eigenvalue weighted by Crippen LogP contribution is -2.36. The molecule has 0 spiro atoms. The topological polar surface area (TPSA) is 89.1 Å². The van der Waals surface area contributed by atoms with Crippen molar-refractivity contribution < 1.29 is 5.11 Å². The van der Waals surface area contributed by atoms with Crippen molar-refractivity contribution in [2.24, 2.45) is 7.05 Å². The van der Waals surface area contributed by atoms with Crippen molar-refractivity contribution in [1.82, 2.24) is 29.4 Å². The largest absolute Gasteiger partial charge is 0.507 e. The summed E-state index contributed by atoms with van der Waals surface area (Å²) in [5.41, 5.74) is 3.12. The van der Waals surface area contributed by atoms with Crippen LogP contribution in [0, 0.1) is 6.92 Å². The van der Waals surface area contributed by atoms with Crippen LogP contribution in [0.2, 0.25) is 0 Å². The number of hydrogen-bond acceptors (Lipinski definition) is 6. The van der Waals surface area contributed by atoms with Crippen molar-refractivity contribution in [2.75, 3.05) is 20.1 Å². The van der Waals surface area contributed by atoms with E-state index in [0.29, 0.717) is 27.7 Å². The second-order valence-electron chi connectivity index (χ2n) is 8.20. The maximum Gasteiger partial charge on any atom is 0.276 e. The molecule has 0 amide bonds. The van der Waals surface area contributed by atoms with Gasteiger partial charge in [-0.3, -0.25) is 9.48 Å². The number of phenols is 1. The molecule has 0 bridgehead atoms. The molecular weight excluding hydrogens is 380 g/mol. The van der Waals surface area contributed by atoms with Crippen molar-refractivity contribution in [3.05, 3.63) is 46.5 Å². The first-order valence-corrected chi connectivity index (χ1v) is 10.2. The molecular formula is C22H24N6O2. The van der Waals surface area contributed by atoms with Crippen LogP contribution in [-0.4, -0.2) is 54.7 Å². The second-order valence-corrected chi connectivity index (χ2v) is 8.20. The number of fused-ring (bicyclic) bond motifs is 2. The molecule has 1 fully saturated rings. The Balaban J connectivity index is 1.59. The van der Waals surface area contributed by atoms with Crippen molar-refractivity contribution in [3.8, 4) is 17.0 Å². The molecule has 3 aromatic heterocycles. The third-order valence-corrected chi connectivity index (χ3v) is 6.10. The predicted molar refractivity (Wildman–Crippen MR) is 116 cm³/mol. The lowest BCUT2D eigenvalue weighted by Gasteiger charge is -2.29. The standard InChI is InChI=1S/C22H24N6O2/c1-13-20-14(12-27(3)25-20)10-17(21(13)29)18-5-4-16-19(24-18)11-23-28(22(16)30)15-6-8-26(2)9-7-15/h4-5,10-12,15,29H,6-9H2,1-3H3. The van der Waals surface area contributed by atoms with Gasteiger partial charge < -0.3 is 10.0 Å². The maximum atomic E-state index is 13.0. The molecule has 1 aromatic carbocycles. The lowest BCUT2D eigenvalue weighted by molar-refractivity contribution is 0.209. The van der Waals surface area contributed by atoms with E-state index in [1.807, 2.05) is 26.2 Å². The van der Waals surface area contributed by atoms with Gasteiger partial charge in [0.1, 0.15) is 5.75 Å². The molecule has 4 aromatic rings. The molecule has 1 aliphatic heterocycles. The van der Waals surface area contributed by atoms with E-state index in [1.165, 1.54) is 0 Å². The first kappa shape index (κ1) is 18.7. The molecule has 1 N–H and O–H groups in total. The van der Waals surface area contributed by atoms with Crippen LogP contribution in [0.3, 0.4) is 0 Å². The Bertz CT molecular complexity index is 1330. The predicted octanol–water partition coefficient (Wildman–Crippen LogP) is 2.63. The summed E-state index contributed by atoms with van der Waals surface area (Å²) in [6.45, 7) is 3.77. The van der Waals surface area contributed by atoms with Crippen LogP contribution in [0.1, 0.15) is 24.4 Å². The molecule has 0 saturated carbocycles. The van der Waals surface area contributed by atoms with E-state index in [1.54, 1.807) is 27.7 Å². The summed E-state index contributed by atoms with van der Waals surface area (Å²) in [5, 5.41) is 21.1. The van der Waals surface area contributed by atoms with E-state index in [2.05, 4.69) is 27.1 Å². The Hall–Kier alpha value is -3.26. The summed E-state index contributed by atoms with van der Waals surface area (Å²) in [4.78, 5) is 20.0. The van der Waals surface area contributed by atoms with E-state index in [0.717, 1.165) is 36.8 Å². The first-order chi connectivity index (χ1) is 14.4. The number of nitrogens with zero attached hydrogens (tertiary/aromatic N) is 6. The summed E-state index contributed by atoms with van der Waals surface area (Å²) >= 11 is 0. The minimum absolute atomic E-state index is 0.107. The second kappa shape index (κ2) is 6.91. The summed E-state index contributed by atoms with van der Waals surface area (Å²) in [6.07, 6.45) is 5.40. The molecule has 0 radical (unpaired) electrons. The third-order valence-electron chi connectivity index (χ3n) is 6.10. The van der Waals surface area contributed by atoms with E-state index in [4.69, 9.17) is 0 Å². The highest BCUT2D eigenvalue weighted by Crippen LogP contribution is 2.36. The van der Waals surface area contributed by atoms with Crippen LogP contribution in [0.25, 0.3) is 33.1 Å². The normalized spacial score (nSPS) is 16.0. The minimum atomic E-state index is -0.107. The van der Waals surface area contributed by atoms with Gasteiger partial charge in [0.2, 0.25) is 0 Å². The van der Waals surface area contributed by atoms with Crippen molar-refractivity contribution in [3.63, 3.8) is 0 Å². The van der Waals surface area contributed by atoms with E-state index in [9.17, 15) is 9.90 Å². The first-order valence-electron chi connectivity index (χ1n) is 10.2. The third kappa shape index (κ3) is 2.95. The summed E-state index contributed by atoms with van der Waals surface area (Å²) in [7, 11) is 3.95. The van der Waals surface area contributed by atoms with Crippen LogP contribution in [-0.2, 0) is 7.05 Å². The fourth-order valence-electron chi connectivity index (χ4n) is 4.33. The number of likely N-dealkylation sites (tertiary alicyclic amines) is 1. The Morgan fingerprint density at radius 2 is 1.93 bits per heavy atom. The van der Waals surface area contributed by atoms with Gasteiger partial charge in [-0.1, -0.05) is 0 Å². The number of aromatic nitrogens is 5. The molecule has 8 heteroatoms. The zero-order valence-corrected chi connectivity index (χ0v) is 17.3. The molecule has 8 nitrogen and oxygen atoms in total. The van der Waals surface area contributed by atoms with Gasteiger partial charge >= 0.3 is 0 Å². The maximum absolute atomic E-state index is 13.0. The van der Waals surface area contributed by atoms with Crippen LogP contribution in [0.15, 0.2) is 35.4 Å². The number of pyridine rings is 1. The minimum Gasteiger partial charge on any atom is -0.507 e. The van der Waals surface area contributed by atoms with E-state index < -0.39 is 0 Å². The number of hydrogen-bond donors (Lipinski definition) is 1. The Kier molecular flexibility index (Phi) is 4.32. The molecule has 0 atom stereocenters. The SMILES string of the molecule is Cc1c(O)c(-c2ccc3c(=O)n(C4CCN(C)CC4)ncc3n2)cc2cn(C)nc12. The van der Waals surface area contributed by atoms with Crippen LogP contribution >= 0.6 is 0 Å². The highest BCUT2D eigenvalue weighted by atomic mass is 16.3. The van der Waals surface area contributed by atoms with Gasteiger partial charge in [-0.2, -0.15) is 10.2 Å². The Labute approximate surface area is 173 Å². The average Bonchev–Trinajstić information content (AvgIpc) is 3.12. The van der Waals surface area contributed by atoms with Gasteiger partial charge in [-0.25, -0.2) is 9.67 Å². The molecule has 0 aliphatic carbocycles. The summed E-state index contributed by atoms with van der Waals surface area (Å²) in [6, 6.07) is 5.58. The molecule has 1 aliphatic rings. The quantitative estimate of drug-likeness (QED) is 0.552. The number of aromatic hydroxyl groups is 1. The zero-order chi connectivity index (χ0) is 21.0. The Morgan fingerprint density at radius 3 is 2.70 bits per heavy atom. The number of aryl methyl sites for hydroxylation is 2. The zero-order valence-electron chi connectivity index (χ0n) is 17.3. The molecule has 30 heavy (non-hydrogen) atoms. The van der Waals surface area contributed by atoms with Gasteiger partial charge in [0, 0.05) is 29.8 Å². The van der Waals surface area contributed by atoms with Gasteiger partial charge in [-0.05, 0) is 58.1 Å². The van der Waals surface area contributed by atoms with Crippen LogP contribution in [0.5, 0.6) is 5.75 Å². The van der Waals surface area contributed by atoms with Crippen molar-refractivity contribution in [2.45, 2.75) is 25.8 Å². The highest BCUT2D eigenvalue weighted by molar-refractivity contribution is 5.91. The highest BCUT2D eigenvalue weighted by Gasteiger charge is 2.21. The average molecular weight is 404 g/mol. The summed E-state index contributed by atoms with van der Waals surface area (Å²) < 4.78 is 3.34. The smallest absolute Gasteiger partial charge is 0.276 e.